The Labute approximate surface area is 143 Å². The van der Waals surface area contributed by atoms with Crippen LogP contribution in [-0.4, -0.2) is 35.8 Å². The Kier molecular flexibility index (Phi) is 4.30. The minimum atomic E-state index is -0.00594. The average Bonchev–Trinajstić information content (AvgIpc) is 3.37. The fourth-order valence-corrected chi connectivity index (χ4v) is 4.67. The zero-order valence-electron chi connectivity index (χ0n) is 14.1. The van der Waals surface area contributed by atoms with Crippen LogP contribution in [0.2, 0.25) is 0 Å². The molecule has 1 N–H and O–H groups in total. The summed E-state index contributed by atoms with van der Waals surface area (Å²) >= 11 is 0. The first-order valence-electron chi connectivity index (χ1n) is 9.39. The van der Waals surface area contributed by atoms with Gasteiger partial charge in [0.2, 0.25) is 5.91 Å². The number of rotatable bonds is 3. The van der Waals surface area contributed by atoms with E-state index in [2.05, 4.69) is 5.32 Å². The van der Waals surface area contributed by atoms with E-state index in [4.69, 9.17) is 0 Å². The van der Waals surface area contributed by atoms with Crippen molar-refractivity contribution < 1.29 is 9.59 Å². The first-order chi connectivity index (χ1) is 11.7. The average molecular weight is 326 g/mol. The van der Waals surface area contributed by atoms with Crippen molar-refractivity contribution >= 4 is 11.8 Å². The quantitative estimate of drug-likeness (QED) is 0.928. The highest BCUT2D eigenvalue weighted by atomic mass is 16.2. The lowest BCUT2D eigenvalue weighted by Gasteiger charge is -2.32. The molecule has 2 amide bonds. The third kappa shape index (κ3) is 3.06. The molecule has 1 aliphatic heterocycles. The van der Waals surface area contributed by atoms with E-state index in [1.54, 1.807) is 0 Å². The molecule has 1 aromatic carbocycles. The van der Waals surface area contributed by atoms with Crippen molar-refractivity contribution in [3.05, 3.63) is 35.9 Å². The van der Waals surface area contributed by atoms with E-state index in [0.29, 0.717) is 29.2 Å². The highest BCUT2D eigenvalue weighted by Gasteiger charge is 2.55. The number of hydrogen-bond acceptors (Lipinski definition) is 2. The molecule has 2 atom stereocenters. The normalized spacial score (nSPS) is 29.7. The molecule has 128 valence electrons. The van der Waals surface area contributed by atoms with Gasteiger partial charge in [0.05, 0.1) is 0 Å². The largest absolute Gasteiger partial charge is 0.349 e. The summed E-state index contributed by atoms with van der Waals surface area (Å²) in [7, 11) is 0. The summed E-state index contributed by atoms with van der Waals surface area (Å²) in [5.74, 6) is 2.07. The van der Waals surface area contributed by atoms with Crippen molar-refractivity contribution in [2.45, 2.75) is 44.6 Å². The smallest absolute Gasteiger partial charge is 0.251 e. The van der Waals surface area contributed by atoms with Crippen molar-refractivity contribution in [2.24, 2.45) is 17.8 Å². The molecule has 4 rings (SSSR count). The predicted octanol–water partition coefficient (Wildman–Crippen LogP) is 2.84. The summed E-state index contributed by atoms with van der Waals surface area (Å²) in [5, 5.41) is 3.11. The van der Waals surface area contributed by atoms with Gasteiger partial charge in [-0.3, -0.25) is 9.59 Å². The first-order valence-corrected chi connectivity index (χ1v) is 9.39. The number of nitrogens with zero attached hydrogens (tertiary/aromatic N) is 1. The predicted molar refractivity (Wildman–Crippen MR) is 92.4 cm³/mol. The Morgan fingerprint density at radius 1 is 0.917 bits per heavy atom. The van der Waals surface area contributed by atoms with Gasteiger partial charge in [0, 0.05) is 30.6 Å². The Bertz CT molecular complexity index is 595. The van der Waals surface area contributed by atoms with Crippen LogP contribution in [0.3, 0.4) is 0 Å². The molecule has 3 aliphatic rings. The maximum absolute atomic E-state index is 12.7. The number of carbonyl (C=O) groups is 2. The van der Waals surface area contributed by atoms with Crippen LogP contribution in [0, 0.1) is 17.8 Å². The van der Waals surface area contributed by atoms with Crippen LogP contribution in [0.25, 0.3) is 0 Å². The van der Waals surface area contributed by atoms with E-state index >= 15 is 0 Å². The van der Waals surface area contributed by atoms with Gasteiger partial charge in [-0.2, -0.15) is 0 Å². The maximum atomic E-state index is 12.7. The fraction of sp³-hybridized carbons (Fsp3) is 0.600. The molecule has 2 saturated carbocycles. The molecule has 4 nitrogen and oxygen atoms in total. The van der Waals surface area contributed by atoms with Crippen molar-refractivity contribution in [1.82, 2.24) is 10.2 Å². The van der Waals surface area contributed by atoms with Gasteiger partial charge in [-0.15, -0.1) is 0 Å². The van der Waals surface area contributed by atoms with E-state index in [1.165, 1.54) is 25.7 Å². The van der Waals surface area contributed by atoms with Crippen LogP contribution in [0.5, 0.6) is 0 Å². The molecule has 1 saturated heterocycles. The fourth-order valence-electron chi connectivity index (χ4n) is 4.67. The summed E-state index contributed by atoms with van der Waals surface area (Å²) in [4.78, 5) is 27.0. The van der Waals surface area contributed by atoms with Crippen LogP contribution >= 0.6 is 0 Å². The Hall–Kier alpha value is -1.84. The zero-order valence-corrected chi connectivity index (χ0v) is 14.1. The number of benzene rings is 1. The minimum Gasteiger partial charge on any atom is -0.349 e. The number of nitrogens with one attached hydrogen (secondary N) is 1. The van der Waals surface area contributed by atoms with Crippen molar-refractivity contribution in [1.29, 1.82) is 0 Å². The highest BCUT2D eigenvalue weighted by Crippen LogP contribution is 2.56. The summed E-state index contributed by atoms with van der Waals surface area (Å²) < 4.78 is 0. The van der Waals surface area contributed by atoms with Crippen LogP contribution in [-0.2, 0) is 4.79 Å². The van der Waals surface area contributed by atoms with E-state index in [0.717, 1.165) is 25.9 Å². The van der Waals surface area contributed by atoms with Gasteiger partial charge in [0.25, 0.3) is 5.91 Å². The van der Waals surface area contributed by atoms with Crippen molar-refractivity contribution in [3.63, 3.8) is 0 Å². The van der Waals surface area contributed by atoms with E-state index < -0.39 is 0 Å². The molecule has 4 heteroatoms. The van der Waals surface area contributed by atoms with Gasteiger partial charge in [-0.25, -0.2) is 0 Å². The van der Waals surface area contributed by atoms with E-state index in [9.17, 15) is 9.59 Å². The zero-order chi connectivity index (χ0) is 16.5. The highest BCUT2D eigenvalue weighted by molar-refractivity contribution is 5.94. The molecule has 0 unspecified atom stereocenters. The monoisotopic (exact) mass is 326 g/mol. The summed E-state index contributed by atoms with van der Waals surface area (Å²) in [6, 6.07) is 9.53. The van der Waals surface area contributed by atoms with Gasteiger partial charge < -0.3 is 10.2 Å². The number of fused-ring (bicyclic) bond motifs is 1. The SMILES string of the molecule is O=C(NC1CCN(C(=O)C2[C@H]3CCCC[C@H]23)CC1)c1ccccc1. The van der Waals surface area contributed by atoms with E-state index in [1.807, 2.05) is 35.2 Å². The van der Waals surface area contributed by atoms with Crippen LogP contribution in [0.1, 0.15) is 48.9 Å². The molecule has 2 aliphatic carbocycles. The number of likely N-dealkylation sites (tertiary alicyclic amines) is 1. The number of piperidine rings is 1. The second-order valence-corrected chi connectivity index (χ2v) is 7.58. The summed E-state index contributed by atoms with van der Waals surface area (Å²) in [5.41, 5.74) is 0.707. The molecule has 0 bridgehead atoms. The minimum absolute atomic E-state index is 0.00594. The molecule has 1 aromatic rings. The van der Waals surface area contributed by atoms with Gasteiger partial charge >= 0.3 is 0 Å². The lowest BCUT2D eigenvalue weighted by atomic mass is 10.0. The summed E-state index contributed by atoms with van der Waals surface area (Å²) in [6.45, 7) is 1.57. The number of carbonyl (C=O) groups excluding carboxylic acids is 2. The van der Waals surface area contributed by atoms with Crippen molar-refractivity contribution in [3.8, 4) is 0 Å². The van der Waals surface area contributed by atoms with Crippen LogP contribution in [0.15, 0.2) is 30.3 Å². The molecule has 0 spiro atoms. The molecule has 0 radical (unpaired) electrons. The van der Waals surface area contributed by atoms with Gasteiger partial charge in [0.15, 0.2) is 0 Å². The molecule has 1 heterocycles. The maximum Gasteiger partial charge on any atom is 0.251 e. The molecule has 24 heavy (non-hydrogen) atoms. The molecular formula is C20H26N2O2. The van der Waals surface area contributed by atoms with Gasteiger partial charge in [-0.05, 0) is 49.7 Å². The number of hydrogen-bond donors (Lipinski definition) is 1. The van der Waals surface area contributed by atoms with Gasteiger partial charge in [-0.1, -0.05) is 31.0 Å². The third-order valence-corrected chi connectivity index (χ3v) is 6.12. The van der Waals surface area contributed by atoms with E-state index in [-0.39, 0.29) is 11.9 Å². The van der Waals surface area contributed by atoms with Gasteiger partial charge in [0.1, 0.15) is 0 Å². The summed E-state index contributed by atoms with van der Waals surface area (Å²) in [6.07, 6.45) is 6.85. The Morgan fingerprint density at radius 2 is 1.54 bits per heavy atom. The second kappa shape index (κ2) is 6.58. The van der Waals surface area contributed by atoms with Crippen LogP contribution in [0.4, 0.5) is 0 Å². The van der Waals surface area contributed by atoms with Crippen LogP contribution < -0.4 is 5.32 Å². The lowest BCUT2D eigenvalue weighted by molar-refractivity contribution is -0.134. The molecule has 0 aromatic heterocycles. The first kappa shape index (κ1) is 15.7. The molecular weight excluding hydrogens is 300 g/mol. The lowest BCUT2D eigenvalue weighted by Crippen LogP contribution is -2.47. The second-order valence-electron chi connectivity index (χ2n) is 7.58. The Balaban J connectivity index is 1.26. The molecule has 3 fully saturated rings. The number of amides is 2. The standard InChI is InChI=1S/C20H26N2O2/c23-19(14-6-2-1-3-7-14)21-15-10-12-22(13-11-15)20(24)18-16-8-4-5-9-17(16)18/h1-3,6-7,15-18H,4-5,8-13H2,(H,21,23)/t16-,17-/m0/s1. The van der Waals surface area contributed by atoms with Crippen molar-refractivity contribution in [2.75, 3.05) is 13.1 Å². The topological polar surface area (TPSA) is 49.4 Å². The Morgan fingerprint density at radius 3 is 2.17 bits per heavy atom. The third-order valence-electron chi connectivity index (χ3n) is 6.12.